The van der Waals surface area contributed by atoms with Crippen molar-refractivity contribution in [3.63, 3.8) is 0 Å². The van der Waals surface area contributed by atoms with Crippen molar-refractivity contribution in [2.24, 2.45) is 0 Å². The molecule has 2 rings (SSSR count). The summed E-state index contributed by atoms with van der Waals surface area (Å²) in [7, 11) is 0. The number of benzene rings is 1. The first kappa shape index (κ1) is 10.9. The highest BCUT2D eigenvalue weighted by Crippen LogP contribution is 2.13. The summed E-state index contributed by atoms with van der Waals surface area (Å²) in [5.74, 6) is 0.0579. The van der Waals surface area contributed by atoms with Gasteiger partial charge in [-0.15, -0.1) is 0 Å². The van der Waals surface area contributed by atoms with Crippen LogP contribution in [0.1, 0.15) is 0 Å². The number of ether oxygens (including phenoxy) is 1. The van der Waals surface area contributed by atoms with Gasteiger partial charge in [0.05, 0.1) is 13.2 Å². The Labute approximate surface area is 93.4 Å². The fourth-order valence-electron chi connectivity index (χ4n) is 1.51. The third-order valence-electron chi connectivity index (χ3n) is 2.37. The smallest absolute Gasteiger partial charge is 0.243 e. The summed E-state index contributed by atoms with van der Waals surface area (Å²) in [5, 5.41) is 14.9. The summed E-state index contributed by atoms with van der Waals surface area (Å²) < 4.78 is 5.20. The van der Waals surface area contributed by atoms with Crippen LogP contribution in [-0.2, 0) is 9.53 Å². The van der Waals surface area contributed by atoms with Crippen molar-refractivity contribution in [3.8, 4) is 5.75 Å². The van der Waals surface area contributed by atoms with Crippen LogP contribution in [0.25, 0.3) is 0 Å². The molecule has 0 saturated carbocycles. The standard InChI is InChI=1S/C11H14N2O3/c14-9-3-1-8(2-4-9)13-11(15)10-7-16-6-5-12-10/h1-4,10,12,14H,5-7H2,(H,13,15)/t10-/m1/s1. The number of carbonyl (C=O) groups excluding carboxylic acids is 1. The molecular formula is C11H14N2O3. The lowest BCUT2D eigenvalue weighted by molar-refractivity contribution is -0.120. The van der Waals surface area contributed by atoms with E-state index in [1.165, 1.54) is 12.1 Å². The number of hydrogen-bond acceptors (Lipinski definition) is 4. The van der Waals surface area contributed by atoms with Crippen LogP contribution in [0.2, 0.25) is 0 Å². The number of nitrogens with one attached hydrogen (secondary N) is 2. The maximum atomic E-state index is 11.7. The van der Waals surface area contributed by atoms with Gasteiger partial charge in [0, 0.05) is 12.2 Å². The number of aromatic hydroxyl groups is 1. The summed E-state index contributed by atoms with van der Waals surface area (Å²) in [6.07, 6.45) is 0. The fourth-order valence-corrected chi connectivity index (χ4v) is 1.51. The van der Waals surface area contributed by atoms with Gasteiger partial charge in [0.25, 0.3) is 0 Å². The average Bonchev–Trinajstić information content (AvgIpc) is 2.33. The second kappa shape index (κ2) is 4.96. The second-order valence-electron chi connectivity index (χ2n) is 3.62. The minimum Gasteiger partial charge on any atom is -0.508 e. The average molecular weight is 222 g/mol. The zero-order valence-electron chi connectivity index (χ0n) is 8.77. The number of amides is 1. The molecule has 5 heteroatoms. The molecule has 86 valence electrons. The molecule has 16 heavy (non-hydrogen) atoms. The van der Waals surface area contributed by atoms with E-state index in [4.69, 9.17) is 9.84 Å². The molecule has 1 aromatic carbocycles. The van der Waals surface area contributed by atoms with E-state index in [1.807, 2.05) is 0 Å². The molecule has 3 N–H and O–H groups in total. The summed E-state index contributed by atoms with van der Waals surface area (Å²) in [6, 6.07) is 6.05. The molecule has 0 spiro atoms. The SMILES string of the molecule is O=C(Nc1ccc(O)cc1)[C@H]1COCCN1. The Hall–Kier alpha value is -1.59. The highest BCUT2D eigenvalue weighted by Gasteiger charge is 2.20. The maximum absolute atomic E-state index is 11.7. The van der Waals surface area contributed by atoms with E-state index in [0.717, 1.165) is 0 Å². The normalized spacial score (nSPS) is 20.4. The molecular weight excluding hydrogens is 208 g/mol. The van der Waals surface area contributed by atoms with Crippen LogP contribution in [0.3, 0.4) is 0 Å². The molecule has 0 radical (unpaired) electrons. The zero-order valence-corrected chi connectivity index (χ0v) is 8.77. The molecule has 1 heterocycles. The number of hydrogen-bond donors (Lipinski definition) is 3. The third-order valence-corrected chi connectivity index (χ3v) is 2.37. The number of phenols is 1. The summed E-state index contributed by atoms with van der Waals surface area (Å²) in [4.78, 5) is 11.7. The van der Waals surface area contributed by atoms with E-state index < -0.39 is 0 Å². The van der Waals surface area contributed by atoms with E-state index in [2.05, 4.69) is 10.6 Å². The van der Waals surface area contributed by atoms with E-state index in [-0.39, 0.29) is 17.7 Å². The molecule has 1 aromatic rings. The fraction of sp³-hybridized carbons (Fsp3) is 0.364. The van der Waals surface area contributed by atoms with E-state index in [9.17, 15) is 4.79 Å². The first-order valence-corrected chi connectivity index (χ1v) is 5.17. The molecule has 0 bridgehead atoms. The lowest BCUT2D eigenvalue weighted by Crippen LogP contribution is -2.48. The number of morpholine rings is 1. The van der Waals surface area contributed by atoms with Gasteiger partial charge in [-0.1, -0.05) is 0 Å². The zero-order chi connectivity index (χ0) is 11.4. The molecule has 1 atom stereocenters. The number of rotatable bonds is 2. The first-order valence-electron chi connectivity index (χ1n) is 5.17. The Kier molecular flexibility index (Phi) is 3.38. The molecule has 1 aliphatic heterocycles. The summed E-state index contributed by atoms with van der Waals surface area (Å²) in [5.41, 5.74) is 0.662. The Morgan fingerprint density at radius 2 is 2.19 bits per heavy atom. The molecule has 1 fully saturated rings. The van der Waals surface area contributed by atoms with Gasteiger partial charge in [0.15, 0.2) is 0 Å². The van der Waals surface area contributed by atoms with Crippen molar-refractivity contribution in [2.45, 2.75) is 6.04 Å². The monoisotopic (exact) mass is 222 g/mol. The van der Waals surface area contributed by atoms with Gasteiger partial charge in [-0.2, -0.15) is 0 Å². The van der Waals surface area contributed by atoms with Crippen molar-refractivity contribution in [2.75, 3.05) is 25.1 Å². The van der Waals surface area contributed by atoms with Crippen LogP contribution in [0, 0.1) is 0 Å². The summed E-state index contributed by atoms with van der Waals surface area (Å²) in [6.45, 7) is 1.72. The van der Waals surface area contributed by atoms with Gasteiger partial charge in [0.1, 0.15) is 11.8 Å². The second-order valence-corrected chi connectivity index (χ2v) is 3.62. The highest BCUT2D eigenvalue weighted by molar-refractivity contribution is 5.95. The molecule has 1 saturated heterocycles. The van der Waals surface area contributed by atoms with Gasteiger partial charge in [-0.25, -0.2) is 0 Å². The lowest BCUT2D eigenvalue weighted by Gasteiger charge is -2.22. The number of phenolic OH excluding ortho intramolecular Hbond substituents is 1. The van der Waals surface area contributed by atoms with Crippen molar-refractivity contribution in [3.05, 3.63) is 24.3 Å². The minimum absolute atomic E-state index is 0.120. The molecule has 5 nitrogen and oxygen atoms in total. The van der Waals surface area contributed by atoms with E-state index in [1.54, 1.807) is 12.1 Å². The van der Waals surface area contributed by atoms with Crippen LogP contribution >= 0.6 is 0 Å². The van der Waals surface area contributed by atoms with Crippen LogP contribution < -0.4 is 10.6 Å². The predicted octanol–water partition coefficient (Wildman–Crippen LogP) is 0.319. The summed E-state index contributed by atoms with van der Waals surface area (Å²) >= 11 is 0. The van der Waals surface area contributed by atoms with Crippen LogP contribution in [0.4, 0.5) is 5.69 Å². The maximum Gasteiger partial charge on any atom is 0.243 e. The van der Waals surface area contributed by atoms with E-state index >= 15 is 0 Å². The van der Waals surface area contributed by atoms with Crippen molar-refractivity contribution in [1.82, 2.24) is 5.32 Å². The molecule has 0 aromatic heterocycles. The number of carbonyl (C=O) groups is 1. The van der Waals surface area contributed by atoms with Gasteiger partial charge in [-0.3, -0.25) is 4.79 Å². The molecule has 0 aliphatic carbocycles. The molecule has 1 amide bonds. The predicted molar refractivity (Wildman–Crippen MR) is 59.3 cm³/mol. The largest absolute Gasteiger partial charge is 0.508 e. The van der Waals surface area contributed by atoms with Crippen LogP contribution in [0.15, 0.2) is 24.3 Å². The lowest BCUT2D eigenvalue weighted by atomic mass is 10.2. The van der Waals surface area contributed by atoms with Crippen molar-refractivity contribution in [1.29, 1.82) is 0 Å². The van der Waals surface area contributed by atoms with E-state index in [0.29, 0.717) is 25.4 Å². The van der Waals surface area contributed by atoms with Crippen molar-refractivity contribution >= 4 is 11.6 Å². The Balaban J connectivity index is 1.93. The quantitative estimate of drug-likeness (QED) is 0.630. The van der Waals surface area contributed by atoms with Crippen LogP contribution in [-0.4, -0.2) is 36.8 Å². The first-order chi connectivity index (χ1) is 7.75. The Bertz CT molecular complexity index is 358. The molecule has 0 unspecified atom stereocenters. The highest BCUT2D eigenvalue weighted by atomic mass is 16.5. The van der Waals surface area contributed by atoms with Gasteiger partial charge < -0.3 is 20.5 Å². The Morgan fingerprint density at radius 1 is 1.44 bits per heavy atom. The van der Waals surface area contributed by atoms with Crippen molar-refractivity contribution < 1.29 is 14.6 Å². The van der Waals surface area contributed by atoms with Gasteiger partial charge in [0.2, 0.25) is 5.91 Å². The van der Waals surface area contributed by atoms with Gasteiger partial charge in [-0.05, 0) is 24.3 Å². The van der Waals surface area contributed by atoms with Gasteiger partial charge >= 0.3 is 0 Å². The minimum atomic E-state index is -0.303. The third kappa shape index (κ3) is 2.71. The molecule has 1 aliphatic rings. The Morgan fingerprint density at radius 3 is 2.81 bits per heavy atom. The van der Waals surface area contributed by atoms with Crippen LogP contribution in [0.5, 0.6) is 5.75 Å². The topological polar surface area (TPSA) is 70.6 Å². The number of anilines is 1.